The normalized spacial score (nSPS) is 18.7. The number of nitrogens with two attached hydrogens (primary N) is 1. The Balaban J connectivity index is 1.79. The van der Waals surface area contributed by atoms with Crippen molar-refractivity contribution in [2.45, 2.75) is 58.3 Å². The van der Waals surface area contributed by atoms with Crippen molar-refractivity contribution >= 4 is 12.7 Å². The molecule has 1 saturated carbocycles. The number of guanidine groups is 1. The Kier molecular flexibility index (Phi) is 7.25. The van der Waals surface area contributed by atoms with Crippen molar-refractivity contribution in [3.05, 3.63) is 35.1 Å². The number of allylic oxidation sites excluding steroid dienone is 1. The highest BCUT2D eigenvalue weighted by molar-refractivity contribution is 5.83. The number of nitrogens with one attached hydrogen (secondary N) is 1. The van der Waals surface area contributed by atoms with E-state index in [0.29, 0.717) is 23.4 Å². The van der Waals surface area contributed by atoms with Gasteiger partial charge in [0.1, 0.15) is 11.5 Å². The molecule has 0 radical (unpaired) electrons. The SMILES string of the molecule is C=N/C(N)=N\C(NCCN1CCCC1)=C(/C)Oc1cc(C2CC2)ncc1C(C)C. The molecule has 0 unspecified atom stereocenters. The molecule has 1 aromatic heterocycles. The predicted molar refractivity (Wildman–Crippen MR) is 118 cm³/mol. The predicted octanol–water partition coefficient (Wildman–Crippen LogP) is 3.35. The van der Waals surface area contributed by atoms with Crippen LogP contribution >= 0.6 is 0 Å². The number of nitrogens with zero attached hydrogens (tertiary/aromatic N) is 4. The molecular weight excluding hydrogens is 364 g/mol. The molecule has 0 atom stereocenters. The minimum absolute atomic E-state index is 0.120. The Morgan fingerprint density at radius 2 is 2.10 bits per heavy atom. The summed E-state index contributed by atoms with van der Waals surface area (Å²) in [6.45, 7) is 13.7. The van der Waals surface area contributed by atoms with Gasteiger partial charge in [0.15, 0.2) is 5.82 Å². The van der Waals surface area contributed by atoms with Crippen LogP contribution in [0.25, 0.3) is 0 Å². The third kappa shape index (κ3) is 6.03. The van der Waals surface area contributed by atoms with E-state index in [1.54, 1.807) is 0 Å². The summed E-state index contributed by atoms with van der Waals surface area (Å²) in [5.74, 6) is 3.09. The number of hydrogen-bond donors (Lipinski definition) is 2. The molecule has 29 heavy (non-hydrogen) atoms. The van der Waals surface area contributed by atoms with Gasteiger partial charge in [0, 0.05) is 42.5 Å². The number of aliphatic imine (C=N–C) groups is 2. The second kappa shape index (κ2) is 9.87. The minimum atomic E-state index is 0.120. The Hall–Kier alpha value is -2.41. The first kappa shape index (κ1) is 21.3. The lowest BCUT2D eigenvalue weighted by molar-refractivity contribution is 0.337. The first-order chi connectivity index (χ1) is 14.0. The van der Waals surface area contributed by atoms with Crippen molar-refractivity contribution < 1.29 is 4.74 Å². The second-order valence-corrected chi connectivity index (χ2v) is 8.19. The number of aromatic nitrogens is 1. The molecule has 1 aliphatic carbocycles. The number of pyridine rings is 1. The van der Waals surface area contributed by atoms with E-state index in [1.165, 1.54) is 25.7 Å². The lowest BCUT2D eigenvalue weighted by atomic mass is 10.0. The fraction of sp³-hybridized carbons (Fsp3) is 0.591. The van der Waals surface area contributed by atoms with E-state index in [0.717, 1.165) is 43.2 Å². The van der Waals surface area contributed by atoms with Gasteiger partial charge in [0.2, 0.25) is 5.96 Å². The van der Waals surface area contributed by atoms with Gasteiger partial charge < -0.3 is 20.7 Å². The summed E-state index contributed by atoms with van der Waals surface area (Å²) in [6.07, 6.45) is 6.92. The second-order valence-electron chi connectivity index (χ2n) is 8.19. The van der Waals surface area contributed by atoms with Crippen molar-refractivity contribution in [1.29, 1.82) is 0 Å². The highest BCUT2D eigenvalue weighted by atomic mass is 16.5. The van der Waals surface area contributed by atoms with E-state index in [4.69, 9.17) is 10.5 Å². The van der Waals surface area contributed by atoms with Crippen molar-refractivity contribution in [2.75, 3.05) is 26.2 Å². The number of likely N-dealkylation sites (tertiary alicyclic amines) is 1. The Labute approximate surface area is 174 Å². The first-order valence-corrected chi connectivity index (χ1v) is 10.6. The molecular formula is C22H34N6O. The molecule has 0 amide bonds. The van der Waals surface area contributed by atoms with Crippen LogP contribution in [0.15, 0.2) is 33.8 Å². The maximum atomic E-state index is 6.29. The van der Waals surface area contributed by atoms with E-state index in [9.17, 15) is 0 Å². The van der Waals surface area contributed by atoms with Gasteiger partial charge in [-0.2, -0.15) is 4.99 Å². The van der Waals surface area contributed by atoms with Gasteiger partial charge in [-0.3, -0.25) is 4.98 Å². The maximum Gasteiger partial charge on any atom is 0.221 e. The topological polar surface area (TPSA) is 88.1 Å². The zero-order valence-corrected chi connectivity index (χ0v) is 17.9. The van der Waals surface area contributed by atoms with Crippen LogP contribution in [0.2, 0.25) is 0 Å². The van der Waals surface area contributed by atoms with E-state index < -0.39 is 0 Å². The molecule has 0 aromatic carbocycles. The summed E-state index contributed by atoms with van der Waals surface area (Å²) in [4.78, 5) is 15.2. The van der Waals surface area contributed by atoms with Gasteiger partial charge in [0.05, 0.1) is 0 Å². The highest BCUT2D eigenvalue weighted by Gasteiger charge is 2.26. The standard InChI is InChI=1S/C22H34N6O/c1-15(2)18-14-26-19(17-7-8-17)13-20(18)29-16(3)21(27-22(23)24-4)25-9-12-28-10-5-6-11-28/h13-15,17,25H,4-12H2,1-3H3,(H2,23,27)/b21-16+. The van der Waals surface area contributed by atoms with Crippen LogP contribution in [0.3, 0.4) is 0 Å². The van der Waals surface area contributed by atoms with Gasteiger partial charge in [-0.15, -0.1) is 0 Å². The van der Waals surface area contributed by atoms with Crippen molar-refractivity contribution in [3.8, 4) is 5.75 Å². The molecule has 158 valence electrons. The summed E-state index contributed by atoms with van der Waals surface area (Å²) in [5, 5.41) is 3.37. The Bertz CT molecular complexity index is 776. The average Bonchev–Trinajstić information content (AvgIpc) is 3.43. The van der Waals surface area contributed by atoms with Crippen LogP contribution in [0.4, 0.5) is 0 Å². The molecule has 0 bridgehead atoms. The summed E-state index contributed by atoms with van der Waals surface area (Å²) in [6, 6.07) is 2.08. The Morgan fingerprint density at radius 3 is 2.72 bits per heavy atom. The zero-order chi connectivity index (χ0) is 20.8. The van der Waals surface area contributed by atoms with Crippen molar-refractivity contribution in [1.82, 2.24) is 15.2 Å². The molecule has 1 aromatic rings. The summed E-state index contributed by atoms with van der Waals surface area (Å²) in [7, 11) is 0. The molecule has 2 fully saturated rings. The molecule has 2 aliphatic rings. The molecule has 2 heterocycles. The smallest absolute Gasteiger partial charge is 0.221 e. The third-order valence-electron chi connectivity index (χ3n) is 5.44. The van der Waals surface area contributed by atoms with Gasteiger partial charge in [-0.05, 0) is 58.3 Å². The van der Waals surface area contributed by atoms with Gasteiger partial charge in [-0.25, -0.2) is 4.99 Å². The molecule has 7 nitrogen and oxygen atoms in total. The van der Waals surface area contributed by atoms with Gasteiger partial charge in [0.25, 0.3) is 0 Å². The van der Waals surface area contributed by atoms with Crippen molar-refractivity contribution in [3.63, 3.8) is 0 Å². The van der Waals surface area contributed by atoms with Crippen LogP contribution in [0.1, 0.15) is 69.5 Å². The minimum Gasteiger partial charge on any atom is -0.458 e. The molecule has 1 saturated heterocycles. The van der Waals surface area contributed by atoms with E-state index in [1.807, 2.05) is 13.1 Å². The van der Waals surface area contributed by atoms with Crippen LogP contribution in [-0.2, 0) is 0 Å². The highest BCUT2D eigenvalue weighted by Crippen LogP contribution is 2.41. The largest absolute Gasteiger partial charge is 0.458 e. The molecule has 0 spiro atoms. The molecule has 1 aliphatic heterocycles. The van der Waals surface area contributed by atoms with Crippen molar-refractivity contribution in [2.24, 2.45) is 15.7 Å². The van der Waals surface area contributed by atoms with Crippen LogP contribution in [0, 0.1) is 0 Å². The number of rotatable bonds is 9. The van der Waals surface area contributed by atoms with E-state index in [2.05, 4.69) is 51.8 Å². The zero-order valence-electron chi connectivity index (χ0n) is 17.9. The molecule has 3 rings (SSSR count). The van der Waals surface area contributed by atoms with Crippen LogP contribution in [-0.4, -0.2) is 48.7 Å². The van der Waals surface area contributed by atoms with Gasteiger partial charge >= 0.3 is 0 Å². The molecule has 7 heteroatoms. The average molecular weight is 399 g/mol. The lowest BCUT2D eigenvalue weighted by Crippen LogP contribution is -2.30. The summed E-state index contributed by atoms with van der Waals surface area (Å²) in [5.41, 5.74) is 8.01. The fourth-order valence-electron chi connectivity index (χ4n) is 3.53. The van der Waals surface area contributed by atoms with E-state index in [-0.39, 0.29) is 5.96 Å². The quantitative estimate of drug-likeness (QED) is 0.378. The van der Waals surface area contributed by atoms with Gasteiger partial charge in [-0.1, -0.05) is 13.8 Å². The monoisotopic (exact) mass is 398 g/mol. The fourth-order valence-corrected chi connectivity index (χ4v) is 3.53. The number of hydrogen-bond acceptors (Lipinski definition) is 5. The van der Waals surface area contributed by atoms with Crippen LogP contribution in [0.5, 0.6) is 5.75 Å². The number of ether oxygens (including phenoxy) is 1. The first-order valence-electron chi connectivity index (χ1n) is 10.6. The van der Waals surface area contributed by atoms with Crippen LogP contribution < -0.4 is 15.8 Å². The third-order valence-corrected chi connectivity index (χ3v) is 5.44. The van der Waals surface area contributed by atoms with E-state index >= 15 is 0 Å². The maximum absolute atomic E-state index is 6.29. The Morgan fingerprint density at radius 1 is 1.38 bits per heavy atom. The summed E-state index contributed by atoms with van der Waals surface area (Å²) < 4.78 is 6.29. The molecule has 3 N–H and O–H groups in total. The lowest BCUT2D eigenvalue weighted by Gasteiger charge is -2.18. The summed E-state index contributed by atoms with van der Waals surface area (Å²) >= 11 is 0.